The van der Waals surface area contributed by atoms with Crippen LogP contribution >= 0.6 is 23.2 Å². The highest BCUT2D eigenvalue weighted by Crippen LogP contribution is 2.25. The van der Waals surface area contributed by atoms with E-state index in [2.05, 4.69) is 10.0 Å². The molecule has 0 heterocycles. The number of carbonyl (C=O) groups is 2. The van der Waals surface area contributed by atoms with Crippen molar-refractivity contribution in [3.05, 3.63) is 58.1 Å². The molecule has 0 atom stereocenters. The third-order valence-corrected chi connectivity index (χ3v) is 6.51. The molecular weight excluding hydrogens is 461 g/mol. The van der Waals surface area contributed by atoms with Crippen LogP contribution in [0.2, 0.25) is 10.0 Å². The normalized spacial score (nSPS) is 11.2. The second-order valence-corrected chi connectivity index (χ2v) is 9.57. The Kier molecular flexibility index (Phi) is 9.31. The molecule has 2 rings (SSSR count). The summed E-state index contributed by atoms with van der Waals surface area (Å²) in [6, 6.07) is 11.1. The molecule has 31 heavy (non-hydrogen) atoms. The van der Waals surface area contributed by atoms with Crippen molar-refractivity contribution < 1.29 is 18.0 Å². The zero-order valence-corrected chi connectivity index (χ0v) is 19.6. The van der Waals surface area contributed by atoms with Gasteiger partial charge in [0.25, 0.3) is 0 Å². The van der Waals surface area contributed by atoms with Crippen molar-refractivity contribution >= 4 is 50.7 Å². The van der Waals surface area contributed by atoms with Crippen LogP contribution in [0.3, 0.4) is 0 Å². The van der Waals surface area contributed by atoms with Gasteiger partial charge in [0.2, 0.25) is 21.8 Å². The van der Waals surface area contributed by atoms with Gasteiger partial charge in [0.1, 0.15) is 0 Å². The molecule has 0 saturated carbocycles. The monoisotopic (exact) mass is 485 g/mol. The van der Waals surface area contributed by atoms with Crippen LogP contribution in [-0.2, 0) is 26.0 Å². The number of halogens is 2. The summed E-state index contributed by atoms with van der Waals surface area (Å²) in [5, 5.41) is 3.48. The van der Waals surface area contributed by atoms with Crippen molar-refractivity contribution in [1.29, 1.82) is 0 Å². The van der Waals surface area contributed by atoms with Crippen molar-refractivity contribution in [2.24, 2.45) is 0 Å². The van der Waals surface area contributed by atoms with Gasteiger partial charge in [-0.25, -0.2) is 13.1 Å². The molecule has 0 fully saturated rings. The Morgan fingerprint density at radius 3 is 2.35 bits per heavy atom. The molecule has 0 bridgehead atoms. The first kappa shape index (κ1) is 25.1. The third-order valence-electron chi connectivity index (χ3n) is 4.51. The largest absolute Gasteiger partial charge is 0.333 e. The molecule has 0 saturated heterocycles. The van der Waals surface area contributed by atoms with E-state index in [1.807, 2.05) is 6.92 Å². The van der Waals surface area contributed by atoms with Gasteiger partial charge in [0, 0.05) is 18.0 Å². The van der Waals surface area contributed by atoms with Gasteiger partial charge in [-0.05, 0) is 55.8 Å². The SMILES string of the molecule is CCCN(CC(=O)Nc1cc(Cl)ccc1Cl)C(=O)CCc1ccc(S(=O)(=O)NC)cc1. The molecule has 2 N–H and O–H groups in total. The lowest BCUT2D eigenvalue weighted by Crippen LogP contribution is -2.38. The first-order chi connectivity index (χ1) is 14.7. The molecule has 7 nitrogen and oxygen atoms in total. The Morgan fingerprint density at radius 1 is 1.06 bits per heavy atom. The van der Waals surface area contributed by atoms with Crippen molar-refractivity contribution in [2.75, 3.05) is 25.5 Å². The standard InChI is InChI=1S/C21H25Cl2N3O4S/c1-3-12-26(14-20(27)25-19-13-16(22)7-10-18(19)23)21(28)11-6-15-4-8-17(9-5-15)31(29,30)24-2/h4-5,7-10,13,24H,3,6,11-12,14H2,1-2H3,(H,25,27). The lowest BCUT2D eigenvalue weighted by atomic mass is 10.1. The Balaban J connectivity index is 1.97. The van der Waals surface area contributed by atoms with Crippen molar-refractivity contribution in [1.82, 2.24) is 9.62 Å². The second-order valence-electron chi connectivity index (χ2n) is 6.84. The molecule has 0 aliphatic heterocycles. The lowest BCUT2D eigenvalue weighted by molar-refractivity contribution is -0.134. The van der Waals surface area contributed by atoms with Gasteiger partial charge in [-0.2, -0.15) is 0 Å². The fourth-order valence-corrected chi connectivity index (χ4v) is 3.95. The van der Waals surface area contributed by atoms with Crippen molar-refractivity contribution in [3.8, 4) is 0 Å². The van der Waals surface area contributed by atoms with Gasteiger partial charge >= 0.3 is 0 Å². The van der Waals surface area contributed by atoms with Crippen LogP contribution in [0.1, 0.15) is 25.3 Å². The first-order valence-corrected chi connectivity index (χ1v) is 12.0. The average Bonchev–Trinajstić information content (AvgIpc) is 2.74. The number of nitrogens with zero attached hydrogens (tertiary/aromatic N) is 1. The topological polar surface area (TPSA) is 95.6 Å². The van der Waals surface area contributed by atoms with Crippen LogP contribution in [0.5, 0.6) is 0 Å². The predicted molar refractivity (Wildman–Crippen MR) is 123 cm³/mol. The third kappa shape index (κ3) is 7.50. The van der Waals surface area contributed by atoms with Crippen LogP contribution in [0.25, 0.3) is 0 Å². The maximum atomic E-state index is 12.7. The molecule has 2 aromatic carbocycles. The van der Waals surface area contributed by atoms with E-state index in [1.165, 1.54) is 24.1 Å². The molecule has 0 unspecified atom stereocenters. The van der Waals surface area contributed by atoms with E-state index in [0.29, 0.717) is 35.1 Å². The van der Waals surface area contributed by atoms with E-state index in [0.717, 1.165) is 5.56 Å². The van der Waals surface area contributed by atoms with E-state index in [9.17, 15) is 18.0 Å². The number of benzene rings is 2. The number of hydrogen-bond acceptors (Lipinski definition) is 4. The molecule has 0 aliphatic rings. The van der Waals surface area contributed by atoms with Crippen LogP contribution in [0, 0.1) is 0 Å². The quantitative estimate of drug-likeness (QED) is 0.535. The average molecular weight is 486 g/mol. The minimum Gasteiger partial charge on any atom is -0.333 e. The van der Waals surface area contributed by atoms with Crippen molar-refractivity contribution in [2.45, 2.75) is 31.1 Å². The van der Waals surface area contributed by atoms with Crippen LogP contribution < -0.4 is 10.0 Å². The van der Waals surface area contributed by atoms with E-state index in [-0.39, 0.29) is 29.7 Å². The number of nitrogens with one attached hydrogen (secondary N) is 2. The number of aryl methyl sites for hydroxylation is 1. The van der Waals surface area contributed by atoms with Gasteiger partial charge in [0.05, 0.1) is 22.2 Å². The summed E-state index contributed by atoms with van der Waals surface area (Å²) in [4.78, 5) is 26.8. The Labute approximate surface area is 192 Å². The van der Waals surface area contributed by atoms with E-state index in [1.54, 1.807) is 30.3 Å². The number of rotatable bonds is 10. The lowest BCUT2D eigenvalue weighted by Gasteiger charge is -2.22. The van der Waals surface area contributed by atoms with Gasteiger partial charge in [-0.1, -0.05) is 42.3 Å². The molecule has 2 amide bonds. The zero-order chi connectivity index (χ0) is 23.0. The zero-order valence-electron chi connectivity index (χ0n) is 17.3. The summed E-state index contributed by atoms with van der Waals surface area (Å²) in [6.07, 6.45) is 1.33. The number of sulfonamides is 1. The minimum atomic E-state index is -3.50. The summed E-state index contributed by atoms with van der Waals surface area (Å²) in [5.41, 5.74) is 1.22. The second kappa shape index (κ2) is 11.5. The van der Waals surface area contributed by atoms with E-state index < -0.39 is 10.0 Å². The Bertz CT molecular complexity index is 1030. The van der Waals surface area contributed by atoms with Crippen LogP contribution in [0.15, 0.2) is 47.4 Å². The summed E-state index contributed by atoms with van der Waals surface area (Å²) in [5.74, 6) is -0.534. The summed E-state index contributed by atoms with van der Waals surface area (Å²) < 4.78 is 25.8. The molecule has 168 valence electrons. The van der Waals surface area contributed by atoms with E-state index >= 15 is 0 Å². The number of hydrogen-bond donors (Lipinski definition) is 2. The highest BCUT2D eigenvalue weighted by molar-refractivity contribution is 7.89. The summed E-state index contributed by atoms with van der Waals surface area (Å²) in [6.45, 7) is 2.26. The summed E-state index contributed by atoms with van der Waals surface area (Å²) >= 11 is 12.0. The Hall–Kier alpha value is -2.13. The number of amides is 2. The van der Waals surface area contributed by atoms with E-state index in [4.69, 9.17) is 23.2 Å². The van der Waals surface area contributed by atoms with Crippen LogP contribution in [0.4, 0.5) is 5.69 Å². The van der Waals surface area contributed by atoms with Gasteiger partial charge in [0.15, 0.2) is 0 Å². The minimum absolute atomic E-state index is 0.102. The van der Waals surface area contributed by atoms with Crippen molar-refractivity contribution in [3.63, 3.8) is 0 Å². The van der Waals surface area contributed by atoms with Crippen LogP contribution in [-0.4, -0.2) is 45.3 Å². The molecular formula is C21H25Cl2N3O4S. The Morgan fingerprint density at radius 2 is 1.74 bits per heavy atom. The molecule has 0 radical (unpaired) electrons. The fourth-order valence-electron chi connectivity index (χ4n) is 2.88. The predicted octanol–water partition coefficient (Wildman–Crippen LogP) is 3.71. The molecule has 2 aromatic rings. The van der Waals surface area contributed by atoms with Gasteiger partial charge in [-0.15, -0.1) is 0 Å². The number of carbonyl (C=O) groups excluding carboxylic acids is 2. The highest BCUT2D eigenvalue weighted by atomic mass is 35.5. The summed E-state index contributed by atoms with van der Waals surface area (Å²) in [7, 11) is -2.15. The molecule has 10 heteroatoms. The molecule has 0 aliphatic carbocycles. The molecule has 0 spiro atoms. The van der Waals surface area contributed by atoms with Gasteiger partial charge < -0.3 is 10.2 Å². The number of anilines is 1. The maximum Gasteiger partial charge on any atom is 0.244 e. The molecule has 0 aromatic heterocycles. The maximum absolute atomic E-state index is 12.7. The smallest absolute Gasteiger partial charge is 0.244 e. The highest BCUT2D eigenvalue weighted by Gasteiger charge is 2.18. The fraction of sp³-hybridized carbons (Fsp3) is 0.333. The first-order valence-electron chi connectivity index (χ1n) is 9.71. The van der Waals surface area contributed by atoms with Gasteiger partial charge in [-0.3, -0.25) is 9.59 Å².